The van der Waals surface area contributed by atoms with Crippen molar-refractivity contribution in [2.45, 2.75) is 46.5 Å². The van der Waals surface area contributed by atoms with Crippen LogP contribution in [0.2, 0.25) is 0 Å². The minimum Gasteiger partial charge on any atom is -0.206 e. The highest BCUT2D eigenvalue weighted by Gasteiger charge is 2.15. The van der Waals surface area contributed by atoms with Gasteiger partial charge in [-0.25, -0.2) is 4.39 Å². The minimum absolute atomic E-state index is 0.0220. The van der Waals surface area contributed by atoms with Crippen LogP contribution in [0.1, 0.15) is 56.2 Å². The molecular formula is C13H19F. The zero-order valence-electron chi connectivity index (χ0n) is 9.69. The molecule has 0 atom stereocenters. The molecule has 0 saturated heterocycles. The number of benzene rings is 1. The summed E-state index contributed by atoms with van der Waals surface area (Å²) >= 11 is 0. The van der Waals surface area contributed by atoms with E-state index in [9.17, 15) is 4.39 Å². The van der Waals surface area contributed by atoms with Gasteiger partial charge < -0.3 is 0 Å². The van der Waals surface area contributed by atoms with E-state index in [2.05, 4.69) is 19.9 Å². The van der Waals surface area contributed by atoms with Crippen LogP contribution in [0.5, 0.6) is 0 Å². The SMILES string of the molecule is Cc1ccc(C(C)C)c(C(C)C)c1F. The monoisotopic (exact) mass is 194 g/mol. The number of hydrogen-bond acceptors (Lipinski definition) is 0. The van der Waals surface area contributed by atoms with E-state index in [-0.39, 0.29) is 11.7 Å². The predicted molar refractivity (Wildman–Crippen MR) is 59.3 cm³/mol. The molecule has 0 saturated carbocycles. The largest absolute Gasteiger partial charge is 0.206 e. The molecule has 1 aromatic carbocycles. The molecule has 0 aliphatic rings. The lowest BCUT2D eigenvalue weighted by Crippen LogP contribution is -2.03. The predicted octanol–water partition coefficient (Wildman–Crippen LogP) is 4.38. The van der Waals surface area contributed by atoms with Gasteiger partial charge in [0.05, 0.1) is 0 Å². The van der Waals surface area contributed by atoms with Gasteiger partial charge in [0, 0.05) is 0 Å². The molecule has 78 valence electrons. The normalized spacial score (nSPS) is 11.4. The number of rotatable bonds is 2. The molecule has 14 heavy (non-hydrogen) atoms. The lowest BCUT2D eigenvalue weighted by molar-refractivity contribution is 0.581. The van der Waals surface area contributed by atoms with E-state index < -0.39 is 0 Å². The van der Waals surface area contributed by atoms with Crippen LogP contribution >= 0.6 is 0 Å². The summed E-state index contributed by atoms with van der Waals surface area (Å²) in [4.78, 5) is 0. The maximum absolute atomic E-state index is 13.9. The highest BCUT2D eigenvalue weighted by atomic mass is 19.1. The molecule has 0 bridgehead atoms. The van der Waals surface area contributed by atoms with Gasteiger partial charge in [-0.1, -0.05) is 39.8 Å². The highest BCUT2D eigenvalue weighted by molar-refractivity contribution is 5.37. The van der Waals surface area contributed by atoms with E-state index in [0.717, 1.165) is 16.7 Å². The Morgan fingerprint density at radius 2 is 1.57 bits per heavy atom. The average Bonchev–Trinajstić information content (AvgIpc) is 2.08. The van der Waals surface area contributed by atoms with Crippen molar-refractivity contribution < 1.29 is 4.39 Å². The molecular weight excluding hydrogens is 175 g/mol. The molecule has 0 fully saturated rings. The summed E-state index contributed by atoms with van der Waals surface area (Å²) < 4.78 is 13.9. The van der Waals surface area contributed by atoms with E-state index in [4.69, 9.17) is 0 Å². The van der Waals surface area contributed by atoms with Crippen LogP contribution in [0.25, 0.3) is 0 Å². The van der Waals surface area contributed by atoms with Crippen LogP contribution in [0.3, 0.4) is 0 Å². The number of aryl methyl sites for hydroxylation is 1. The molecule has 1 aromatic rings. The van der Waals surface area contributed by atoms with Crippen LogP contribution in [0, 0.1) is 12.7 Å². The fourth-order valence-corrected chi connectivity index (χ4v) is 1.81. The first-order valence-corrected chi connectivity index (χ1v) is 5.24. The van der Waals surface area contributed by atoms with Gasteiger partial charge in [0.1, 0.15) is 5.82 Å². The molecule has 1 heteroatoms. The topological polar surface area (TPSA) is 0 Å². The summed E-state index contributed by atoms with van der Waals surface area (Å²) in [6, 6.07) is 3.93. The van der Waals surface area contributed by atoms with Crippen LogP contribution in [0.4, 0.5) is 4.39 Å². The lowest BCUT2D eigenvalue weighted by Gasteiger charge is -2.17. The maximum atomic E-state index is 13.9. The molecule has 0 amide bonds. The second-order valence-electron chi connectivity index (χ2n) is 4.51. The Bertz CT molecular complexity index is 324. The summed E-state index contributed by atoms with van der Waals surface area (Å²) in [5, 5.41) is 0. The highest BCUT2D eigenvalue weighted by Crippen LogP contribution is 2.29. The van der Waals surface area contributed by atoms with Crippen molar-refractivity contribution in [3.8, 4) is 0 Å². The summed E-state index contributed by atoms with van der Waals surface area (Å²) in [6.07, 6.45) is 0. The van der Waals surface area contributed by atoms with E-state index >= 15 is 0 Å². The van der Waals surface area contributed by atoms with Crippen molar-refractivity contribution in [2.24, 2.45) is 0 Å². The first-order chi connectivity index (χ1) is 6.45. The molecule has 0 aliphatic carbocycles. The van der Waals surface area contributed by atoms with Gasteiger partial charge in [-0.3, -0.25) is 0 Å². The second kappa shape index (κ2) is 4.12. The van der Waals surface area contributed by atoms with Crippen molar-refractivity contribution >= 4 is 0 Å². The molecule has 0 nitrogen and oxygen atoms in total. The molecule has 0 unspecified atom stereocenters. The molecule has 0 heterocycles. The van der Waals surface area contributed by atoms with Crippen molar-refractivity contribution in [1.82, 2.24) is 0 Å². The first kappa shape index (κ1) is 11.2. The van der Waals surface area contributed by atoms with Crippen LogP contribution in [-0.4, -0.2) is 0 Å². The molecule has 1 rings (SSSR count). The van der Waals surface area contributed by atoms with Gasteiger partial charge in [0.15, 0.2) is 0 Å². The van der Waals surface area contributed by atoms with Gasteiger partial charge >= 0.3 is 0 Å². The van der Waals surface area contributed by atoms with Crippen molar-refractivity contribution in [3.05, 3.63) is 34.6 Å². The summed E-state index contributed by atoms with van der Waals surface area (Å²) in [7, 11) is 0. The maximum Gasteiger partial charge on any atom is 0.129 e. The Morgan fingerprint density at radius 3 is 2.00 bits per heavy atom. The van der Waals surface area contributed by atoms with Gasteiger partial charge in [0.25, 0.3) is 0 Å². The fraction of sp³-hybridized carbons (Fsp3) is 0.538. The Hall–Kier alpha value is -0.850. The second-order valence-corrected chi connectivity index (χ2v) is 4.51. The quantitative estimate of drug-likeness (QED) is 0.655. The van der Waals surface area contributed by atoms with E-state index in [1.54, 1.807) is 0 Å². The molecule has 0 radical (unpaired) electrons. The smallest absolute Gasteiger partial charge is 0.129 e. The van der Waals surface area contributed by atoms with E-state index in [0.29, 0.717) is 5.92 Å². The van der Waals surface area contributed by atoms with Gasteiger partial charge in [0.2, 0.25) is 0 Å². The average molecular weight is 194 g/mol. The van der Waals surface area contributed by atoms with E-state index in [1.807, 2.05) is 26.8 Å². The van der Waals surface area contributed by atoms with Gasteiger partial charge in [-0.15, -0.1) is 0 Å². The fourth-order valence-electron chi connectivity index (χ4n) is 1.81. The number of halogens is 1. The third kappa shape index (κ3) is 1.97. The summed E-state index contributed by atoms with van der Waals surface area (Å²) in [5.41, 5.74) is 2.78. The first-order valence-electron chi connectivity index (χ1n) is 5.24. The Labute approximate surface area is 86.2 Å². The zero-order chi connectivity index (χ0) is 10.9. The minimum atomic E-state index is -0.0220. The zero-order valence-corrected chi connectivity index (χ0v) is 9.69. The van der Waals surface area contributed by atoms with Crippen molar-refractivity contribution in [2.75, 3.05) is 0 Å². The van der Waals surface area contributed by atoms with E-state index in [1.165, 1.54) is 0 Å². The Morgan fingerprint density at radius 1 is 1.00 bits per heavy atom. The van der Waals surface area contributed by atoms with Gasteiger partial charge in [-0.2, -0.15) is 0 Å². The van der Waals surface area contributed by atoms with Crippen LogP contribution in [0.15, 0.2) is 12.1 Å². The molecule has 0 N–H and O–H groups in total. The molecule has 0 spiro atoms. The van der Waals surface area contributed by atoms with Crippen LogP contribution < -0.4 is 0 Å². The Kier molecular flexibility index (Phi) is 3.30. The Balaban J connectivity index is 3.38. The third-order valence-corrected chi connectivity index (χ3v) is 2.61. The summed E-state index contributed by atoms with van der Waals surface area (Å²) in [5.74, 6) is 0.626. The van der Waals surface area contributed by atoms with Crippen molar-refractivity contribution in [1.29, 1.82) is 0 Å². The summed E-state index contributed by atoms with van der Waals surface area (Å²) in [6.45, 7) is 10.1. The lowest BCUT2D eigenvalue weighted by atomic mass is 9.89. The standard InChI is InChI=1S/C13H19F/c1-8(2)11-7-6-10(5)13(14)12(11)9(3)4/h6-9H,1-5H3. The third-order valence-electron chi connectivity index (χ3n) is 2.61. The molecule has 0 aliphatic heterocycles. The molecule has 0 aromatic heterocycles. The van der Waals surface area contributed by atoms with Crippen molar-refractivity contribution in [3.63, 3.8) is 0 Å². The van der Waals surface area contributed by atoms with Crippen LogP contribution in [-0.2, 0) is 0 Å². The van der Waals surface area contributed by atoms with Gasteiger partial charge in [-0.05, 0) is 35.4 Å². The number of hydrogen-bond donors (Lipinski definition) is 0.